The van der Waals surface area contributed by atoms with Gasteiger partial charge in [0.1, 0.15) is 12.4 Å². The van der Waals surface area contributed by atoms with Gasteiger partial charge in [-0.2, -0.15) is 0 Å². The van der Waals surface area contributed by atoms with Gasteiger partial charge in [-0.25, -0.2) is 4.79 Å². The summed E-state index contributed by atoms with van der Waals surface area (Å²) in [7, 11) is 0. The number of esters is 1. The van der Waals surface area contributed by atoms with E-state index in [1.807, 2.05) is 26.0 Å². The largest absolute Gasteiger partial charge is 0.488 e. The third kappa shape index (κ3) is 3.77. The zero-order chi connectivity index (χ0) is 13.7. The first-order valence-electron chi connectivity index (χ1n) is 5.70. The highest BCUT2D eigenvalue weighted by Crippen LogP contribution is 2.27. The van der Waals surface area contributed by atoms with Crippen LogP contribution in [0.5, 0.6) is 5.75 Å². The van der Waals surface area contributed by atoms with E-state index in [1.54, 1.807) is 6.92 Å². The minimum Gasteiger partial charge on any atom is -0.488 e. The summed E-state index contributed by atoms with van der Waals surface area (Å²) in [6.07, 6.45) is 0. The Morgan fingerprint density at radius 1 is 1.33 bits per heavy atom. The number of hydrogen-bond acceptors (Lipinski definition) is 3. The quantitative estimate of drug-likeness (QED) is 0.606. The Balaban J connectivity index is 2.70. The monoisotopic (exact) mass is 268 g/mol. The van der Waals surface area contributed by atoms with E-state index >= 15 is 0 Å². The molecule has 98 valence electrons. The Morgan fingerprint density at radius 3 is 2.39 bits per heavy atom. The van der Waals surface area contributed by atoms with Crippen LogP contribution >= 0.6 is 11.6 Å². The van der Waals surface area contributed by atoms with Crippen LogP contribution in [0, 0.1) is 13.8 Å². The predicted molar refractivity (Wildman–Crippen MR) is 72.2 cm³/mol. The zero-order valence-electron chi connectivity index (χ0n) is 10.9. The Kier molecular flexibility index (Phi) is 5.23. The van der Waals surface area contributed by atoms with E-state index in [0.29, 0.717) is 17.2 Å². The van der Waals surface area contributed by atoms with Gasteiger partial charge in [-0.05, 0) is 44.0 Å². The fourth-order valence-corrected chi connectivity index (χ4v) is 1.90. The Morgan fingerprint density at radius 2 is 1.89 bits per heavy atom. The van der Waals surface area contributed by atoms with Gasteiger partial charge in [0.05, 0.1) is 12.2 Å². The highest BCUT2D eigenvalue weighted by molar-refractivity contribution is 6.30. The molecule has 1 aromatic carbocycles. The van der Waals surface area contributed by atoms with Crippen molar-refractivity contribution in [1.29, 1.82) is 0 Å². The van der Waals surface area contributed by atoms with E-state index in [-0.39, 0.29) is 6.61 Å². The van der Waals surface area contributed by atoms with Crippen molar-refractivity contribution in [2.45, 2.75) is 20.8 Å². The van der Waals surface area contributed by atoms with Crippen LogP contribution in [0.4, 0.5) is 0 Å². The summed E-state index contributed by atoms with van der Waals surface area (Å²) < 4.78 is 10.4. The number of carbonyl (C=O) groups excluding carboxylic acids is 1. The maximum absolute atomic E-state index is 11.4. The molecule has 0 heterocycles. The molecule has 0 aliphatic heterocycles. The second-order valence-electron chi connectivity index (χ2n) is 3.98. The standard InChI is InChI=1S/C14H17ClO3/c1-5-17-14(16)11(4)8-18-13-9(2)6-12(15)7-10(13)3/h6-7H,4-5,8H2,1-3H3. The number of hydrogen-bond donors (Lipinski definition) is 0. The molecule has 0 fully saturated rings. The maximum atomic E-state index is 11.4. The van der Waals surface area contributed by atoms with Crippen LogP contribution in [0.1, 0.15) is 18.1 Å². The zero-order valence-corrected chi connectivity index (χ0v) is 11.6. The molecule has 0 N–H and O–H groups in total. The maximum Gasteiger partial charge on any atom is 0.336 e. The van der Waals surface area contributed by atoms with Gasteiger partial charge in [0.15, 0.2) is 0 Å². The number of benzene rings is 1. The SMILES string of the molecule is C=C(COc1c(C)cc(Cl)cc1C)C(=O)OCC. The first-order valence-corrected chi connectivity index (χ1v) is 6.08. The molecule has 0 aliphatic rings. The van der Waals surface area contributed by atoms with Crippen molar-refractivity contribution in [3.63, 3.8) is 0 Å². The van der Waals surface area contributed by atoms with E-state index in [1.165, 1.54) is 0 Å². The van der Waals surface area contributed by atoms with Gasteiger partial charge in [-0.1, -0.05) is 18.2 Å². The van der Waals surface area contributed by atoms with Crippen molar-refractivity contribution >= 4 is 17.6 Å². The van der Waals surface area contributed by atoms with Crippen LogP contribution in [0.2, 0.25) is 5.02 Å². The average molecular weight is 269 g/mol. The Labute approximate surface area is 112 Å². The first-order chi connectivity index (χ1) is 8.45. The van der Waals surface area contributed by atoms with Gasteiger partial charge in [0.25, 0.3) is 0 Å². The second kappa shape index (κ2) is 6.45. The van der Waals surface area contributed by atoms with Crippen LogP contribution in [-0.4, -0.2) is 19.2 Å². The van der Waals surface area contributed by atoms with Gasteiger partial charge >= 0.3 is 5.97 Å². The van der Waals surface area contributed by atoms with Gasteiger partial charge in [0, 0.05) is 5.02 Å². The number of aryl methyl sites for hydroxylation is 2. The van der Waals surface area contributed by atoms with E-state index < -0.39 is 5.97 Å². The Hall–Kier alpha value is -1.48. The van der Waals surface area contributed by atoms with Crippen LogP contribution < -0.4 is 4.74 Å². The van der Waals surface area contributed by atoms with Crippen molar-refractivity contribution < 1.29 is 14.3 Å². The molecule has 0 bridgehead atoms. The van der Waals surface area contributed by atoms with E-state index in [0.717, 1.165) is 16.9 Å². The molecular weight excluding hydrogens is 252 g/mol. The van der Waals surface area contributed by atoms with E-state index in [4.69, 9.17) is 21.1 Å². The summed E-state index contributed by atoms with van der Waals surface area (Å²) in [4.78, 5) is 11.4. The lowest BCUT2D eigenvalue weighted by molar-refractivity contribution is -0.138. The smallest absolute Gasteiger partial charge is 0.336 e. The predicted octanol–water partition coefficient (Wildman–Crippen LogP) is 3.45. The average Bonchev–Trinajstić information content (AvgIpc) is 2.27. The molecule has 0 unspecified atom stereocenters. The molecule has 0 saturated carbocycles. The second-order valence-corrected chi connectivity index (χ2v) is 4.42. The molecule has 1 aromatic rings. The fraction of sp³-hybridized carbons (Fsp3) is 0.357. The minimum absolute atomic E-state index is 0.113. The summed E-state index contributed by atoms with van der Waals surface area (Å²) in [6, 6.07) is 3.63. The molecule has 3 nitrogen and oxygen atoms in total. The molecule has 0 atom stereocenters. The number of halogens is 1. The molecule has 0 saturated heterocycles. The van der Waals surface area contributed by atoms with Gasteiger partial charge in [-0.3, -0.25) is 0 Å². The molecular formula is C14H17ClO3. The highest BCUT2D eigenvalue weighted by atomic mass is 35.5. The third-order valence-corrected chi connectivity index (χ3v) is 2.60. The van der Waals surface area contributed by atoms with Crippen LogP contribution in [0.3, 0.4) is 0 Å². The lowest BCUT2D eigenvalue weighted by atomic mass is 10.1. The summed E-state index contributed by atoms with van der Waals surface area (Å²) in [5.41, 5.74) is 2.15. The van der Waals surface area contributed by atoms with Crippen LogP contribution in [0.25, 0.3) is 0 Å². The van der Waals surface area contributed by atoms with Crippen molar-refractivity contribution in [3.05, 3.63) is 40.4 Å². The van der Waals surface area contributed by atoms with E-state index in [9.17, 15) is 4.79 Å². The fourth-order valence-electron chi connectivity index (χ4n) is 1.58. The molecule has 0 radical (unpaired) electrons. The normalized spacial score (nSPS) is 10.0. The van der Waals surface area contributed by atoms with Gasteiger partial charge in [-0.15, -0.1) is 0 Å². The third-order valence-electron chi connectivity index (χ3n) is 2.38. The van der Waals surface area contributed by atoms with Gasteiger partial charge < -0.3 is 9.47 Å². The molecule has 0 aliphatic carbocycles. The molecule has 1 rings (SSSR count). The van der Waals surface area contributed by atoms with Crippen LogP contribution in [0.15, 0.2) is 24.3 Å². The topological polar surface area (TPSA) is 35.5 Å². The number of rotatable bonds is 5. The van der Waals surface area contributed by atoms with Crippen molar-refractivity contribution in [3.8, 4) is 5.75 Å². The molecule has 4 heteroatoms. The minimum atomic E-state index is -0.429. The summed E-state index contributed by atoms with van der Waals surface area (Å²) in [5.74, 6) is 0.298. The summed E-state index contributed by atoms with van der Waals surface area (Å²) in [6.45, 7) is 9.64. The number of ether oxygens (including phenoxy) is 2. The number of carbonyl (C=O) groups is 1. The van der Waals surface area contributed by atoms with Crippen molar-refractivity contribution in [1.82, 2.24) is 0 Å². The highest BCUT2D eigenvalue weighted by Gasteiger charge is 2.11. The Bertz CT molecular complexity index is 443. The molecule has 0 amide bonds. The summed E-state index contributed by atoms with van der Waals surface area (Å²) in [5, 5.41) is 0.668. The van der Waals surface area contributed by atoms with E-state index in [2.05, 4.69) is 6.58 Å². The molecule has 0 aromatic heterocycles. The lowest BCUT2D eigenvalue weighted by Gasteiger charge is -2.13. The van der Waals surface area contributed by atoms with Gasteiger partial charge in [0.2, 0.25) is 0 Å². The lowest BCUT2D eigenvalue weighted by Crippen LogP contribution is -2.13. The summed E-state index contributed by atoms with van der Waals surface area (Å²) >= 11 is 5.93. The van der Waals surface area contributed by atoms with Crippen molar-refractivity contribution in [2.24, 2.45) is 0 Å². The first kappa shape index (κ1) is 14.6. The molecule has 18 heavy (non-hydrogen) atoms. The van der Waals surface area contributed by atoms with Crippen molar-refractivity contribution in [2.75, 3.05) is 13.2 Å². The van der Waals surface area contributed by atoms with Crippen LogP contribution in [-0.2, 0) is 9.53 Å². The molecule has 0 spiro atoms.